The molecule has 126 valence electrons. The van der Waals surface area contributed by atoms with Crippen LogP contribution in [-0.2, 0) is 20.7 Å². The molecule has 0 aromatic heterocycles. The fourth-order valence-corrected chi connectivity index (χ4v) is 4.45. The monoisotopic (exact) mass is 326 g/mol. The lowest BCUT2D eigenvalue weighted by Gasteiger charge is -2.31. The summed E-state index contributed by atoms with van der Waals surface area (Å²) in [5, 5.41) is 0. The highest BCUT2D eigenvalue weighted by Crippen LogP contribution is 2.33. The molecule has 0 atom stereocenters. The smallest absolute Gasteiger partial charge is 0.260 e. The molecule has 0 bridgehead atoms. The van der Waals surface area contributed by atoms with Gasteiger partial charge in [0.1, 0.15) is 0 Å². The number of hydrogen-bond donors (Lipinski definition) is 0. The van der Waals surface area contributed by atoms with E-state index >= 15 is 0 Å². The molecule has 0 aliphatic rings. The van der Waals surface area contributed by atoms with Crippen molar-refractivity contribution >= 4 is 10.1 Å². The molecule has 1 aromatic carbocycles. The van der Waals surface area contributed by atoms with Crippen molar-refractivity contribution in [3.8, 4) is 0 Å². The summed E-state index contributed by atoms with van der Waals surface area (Å²) in [4.78, 5) is 0.311. The van der Waals surface area contributed by atoms with Gasteiger partial charge in [-0.15, -0.1) is 0 Å². The second kappa shape index (κ2) is 7.14. The number of unbranched alkanes of at least 4 members (excludes halogenated alkanes) is 1. The quantitative estimate of drug-likeness (QED) is 0.666. The van der Waals surface area contributed by atoms with Crippen LogP contribution in [0.25, 0.3) is 0 Å². The van der Waals surface area contributed by atoms with Crippen LogP contribution in [0.5, 0.6) is 0 Å². The number of benzene rings is 1. The molecule has 1 rings (SSSR count). The summed E-state index contributed by atoms with van der Waals surface area (Å²) in [6.07, 6.45) is 3.42. The van der Waals surface area contributed by atoms with Crippen LogP contribution < -0.4 is 0 Å². The second-order valence-corrected chi connectivity index (χ2v) is 9.26. The lowest BCUT2D eigenvalue weighted by atomic mass is 9.84. The first-order chi connectivity index (χ1) is 9.97. The number of rotatable bonds is 7. The molecule has 0 saturated heterocycles. The molecule has 3 nitrogen and oxygen atoms in total. The van der Waals surface area contributed by atoms with Crippen LogP contribution in [0.3, 0.4) is 0 Å². The molecule has 0 amide bonds. The van der Waals surface area contributed by atoms with Gasteiger partial charge in [-0.25, -0.2) is 0 Å². The summed E-state index contributed by atoms with van der Waals surface area (Å²) in [6.45, 7) is 12.0. The normalized spacial score (nSPS) is 13.4. The Kier molecular flexibility index (Phi) is 6.22. The van der Waals surface area contributed by atoms with Crippen molar-refractivity contribution in [1.82, 2.24) is 0 Å². The van der Waals surface area contributed by atoms with E-state index in [9.17, 15) is 8.42 Å². The Balaban J connectivity index is 3.05. The standard InChI is InChI=1S/C18H30O3S/c1-7-8-11-15-12-9-10-13-16(15)22(19,20)21-18(5,6)14-17(2,3)4/h9-10,12-13H,7-8,11,14H2,1-6H3. The summed E-state index contributed by atoms with van der Waals surface area (Å²) < 4.78 is 31.0. The molecule has 0 aliphatic heterocycles. The SMILES string of the molecule is CCCCc1ccccc1S(=O)(=O)OC(C)(C)CC(C)(C)C. The van der Waals surface area contributed by atoms with Crippen molar-refractivity contribution < 1.29 is 12.6 Å². The maximum absolute atomic E-state index is 12.7. The van der Waals surface area contributed by atoms with E-state index in [1.54, 1.807) is 12.1 Å². The third kappa shape index (κ3) is 6.09. The van der Waals surface area contributed by atoms with E-state index in [2.05, 4.69) is 27.7 Å². The highest BCUT2D eigenvalue weighted by Gasteiger charge is 2.33. The van der Waals surface area contributed by atoms with Crippen LogP contribution in [0.4, 0.5) is 0 Å². The Bertz CT molecular complexity index is 581. The van der Waals surface area contributed by atoms with E-state index in [0.29, 0.717) is 11.3 Å². The van der Waals surface area contributed by atoms with Crippen LogP contribution in [0.1, 0.15) is 66.4 Å². The van der Waals surface area contributed by atoms with Gasteiger partial charge in [-0.1, -0.05) is 52.3 Å². The van der Waals surface area contributed by atoms with Crippen LogP contribution in [-0.4, -0.2) is 14.0 Å². The molecule has 1 aromatic rings. The molecular weight excluding hydrogens is 296 g/mol. The zero-order valence-electron chi connectivity index (χ0n) is 14.8. The fraction of sp³-hybridized carbons (Fsp3) is 0.667. The predicted octanol–water partition coefficient (Wildman–Crippen LogP) is 4.95. The first-order valence-corrected chi connectivity index (χ1v) is 9.41. The van der Waals surface area contributed by atoms with Gasteiger partial charge in [0.2, 0.25) is 0 Å². The second-order valence-electron chi connectivity index (χ2n) is 7.75. The molecule has 0 fully saturated rings. The Labute approximate surface area is 136 Å². The number of aryl methyl sites for hydroxylation is 1. The van der Waals surface area contributed by atoms with E-state index in [-0.39, 0.29) is 5.41 Å². The van der Waals surface area contributed by atoms with Gasteiger partial charge in [-0.3, -0.25) is 4.18 Å². The summed E-state index contributed by atoms with van der Waals surface area (Å²) in [5.41, 5.74) is 0.117. The van der Waals surface area contributed by atoms with Gasteiger partial charge in [0.15, 0.2) is 0 Å². The van der Waals surface area contributed by atoms with E-state index in [0.717, 1.165) is 24.8 Å². The Morgan fingerprint density at radius 1 is 1.05 bits per heavy atom. The van der Waals surface area contributed by atoms with Crippen molar-refractivity contribution in [3.05, 3.63) is 29.8 Å². The zero-order valence-corrected chi connectivity index (χ0v) is 15.6. The maximum atomic E-state index is 12.7. The van der Waals surface area contributed by atoms with Gasteiger partial charge in [0.05, 0.1) is 10.5 Å². The van der Waals surface area contributed by atoms with Crippen molar-refractivity contribution in [2.45, 2.75) is 77.7 Å². The average molecular weight is 327 g/mol. The van der Waals surface area contributed by atoms with Gasteiger partial charge in [-0.2, -0.15) is 8.42 Å². The average Bonchev–Trinajstić information content (AvgIpc) is 2.32. The van der Waals surface area contributed by atoms with Crippen molar-refractivity contribution in [2.75, 3.05) is 0 Å². The van der Waals surface area contributed by atoms with E-state index in [1.807, 2.05) is 26.0 Å². The van der Waals surface area contributed by atoms with Crippen molar-refractivity contribution in [2.24, 2.45) is 5.41 Å². The van der Waals surface area contributed by atoms with Crippen LogP contribution >= 0.6 is 0 Å². The third-order valence-electron chi connectivity index (χ3n) is 3.33. The van der Waals surface area contributed by atoms with E-state index in [4.69, 9.17) is 4.18 Å². The van der Waals surface area contributed by atoms with Gasteiger partial charge < -0.3 is 0 Å². The Morgan fingerprint density at radius 2 is 1.64 bits per heavy atom. The molecule has 0 N–H and O–H groups in total. The molecule has 0 unspecified atom stereocenters. The van der Waals surface area contributed by atoms with Crippen LogP contribution in [0, 0.1) is 5.41 Å². The Morgan fingerprint density at radius 3 is 2.18 bits per heavy atom. The van der Waals surface area contributed by atoms with E-state index < -0.39 is 15.7 Å². The minimum atomic E-state index is -3.75. The number of hydrogen-bond acceptors (Lipinski definition) is 3. The molecule has 22 heavy (non-hydrogen) atoms. The minimum Gasteiger partial charge on any atom is -0.260 e. The molecule has 0 heterocycles. The van der Waals surface area contributed by atoms with Crippen LogP contribution in [0.15, 0.2) is 29.2 Å². The van der Waals surface area contributed by atoms with Gasteiger partial charge in [-0.05, 0) is 50.2 Å². The largest absolute Gasteiger partial charge is 0.297 e. The van der Waals surface area contributed by atoms with Gasteiger partial charge in [0.25, 0.3) is 10.1 Å². The lowest BCUT2D eigenvalue weighted by molar-refractivity contribution is 0.0691. The predicted molar refractivity (Wildman–Crippen MR) is 91.5 cm³/mol. The third-order valence-corrected chi connectivity index (χ3v) is 4.94. The van der Waals surface area contributed by atoms with Crippen molar-refractivity contribution in [3.63, 3.8) is 0 Å². The molecule has 0 saturated carbocycles. The molecular formula is C18H30O3S. The molecule has 0 spiro atoms. The van der Waals surface area contributed by atoms with Crippen molar-refractivity contribution in [1.29, 1.82) is 0 Å². The molecule has 0 aliphatic carbocycles. The van der Waals surface area contributed by atoms with Gasteiger partial charge in [0, 0.05) is 0 Å². The summed E-state index contributed by atoms with van der Waals surface area (Å²) in [7, 11) is -3.75. The highest BCUT2D eigenvalue weighted by atomic mass is 32.2. The lowest BCUT2D eigenvalue weighted by Crippen LogP contribution is -2.33. The van der Waals surface area contributed by atoms with Gasteiger partial charge >= 0.3 is 0 Å². The summed E-state index contributed by atoms with van der Waals surface area (Å²) >= 11 is 0. The van der Waals surface area contributed by atoms with E-state index in [1.165, 1.54) is 0 Å². The zero-order chi connectivity index (χ0) is 17.0. The summed E-state index contributed by atoms with van der Waals surface area (Å²) in [6, 6.07) is 7.16. The summed E-state index contributed by atoms with van der Waals surface area (Å²) in [5.74, 6) is 0. The highest BCUT2D eigenvalue weighted by molar-refractivity contribution is 7.86. The topological polar surface area (TPSA) is 43.4 Å². The minimum absolute atomic E-state index is 0.000743. The fourth-order valence-electron chi connectivity index (χ4n) is 2.97. The first-order valence-electron chi connectivity index (χ1n) is 8.00. The Hall–Kier alpha value is -0.870. The first kappa shape index (κ1) is 19.2. The van der Waals surface area contributed by atoms with Crippen LogP contribution in [0.2, 0.25) is 0 Å². The molecule has 4 heteroatoms. The maximum Gasteiger partial charge on any atom is 0.297 e. The molecule has 0 radical (unpaired) electrons.